The normalized spacial score (nSPS) is 18.4. The maximum Gasteiger partial charge on any atom is 0.0668 e. The Morgan fingerprint density at radius 1 is 1.03 bits per heavy atom. The van der Waals surface area contributed by atoms with Crippen molar-refractivity contribution >= 4 is 11.4 Å². The van der Waals surface area contributed by atoms with E-state index in [-0.39, 0.29) is 6.61 Å². The summed E-state index contributed by atoms with van der Waals surface area (Å²) in [5.74, 6) is 0.359. The van der Waals surface area contributed by atoms with Gasteiger partial charge in [0.05, 0.1) is 12.3 Å². The van der Waals surface area contributed by atoms with Crippen molar-refractivity contribution in [3.8, 4) is 11.1 Å². The van der Waals surface area contributed by atoms with Crippen LogP contribution < -0.4 is 5.32 Å². The summed E-state index contributed by atoms with van der Waals surface area (Å²) < 4.78 is 0. The average Bonchev–Trinajstić information content (AvgIpc) is 2.97. The predicted molar refractivity (Wildman–Crippen MR) is 122 cm³/mol. The first-order valence-electron chi connectivity index (χ1n) is 10.4. The molecule has 148 valence electrons. The second-order valence-corrected chi connectivity index (χ2v) is 7.63. The lowest BCUT2D eigenvalue weighted by atomic mass is 9.90. The number of aliphatic imine (C=N–C) groups is 1. The molecule has 2 N–H and O–H groups in total. The molecule has 2 aromatic rings. The molecule has 2 aromatic carbocycles. The predicted octanol–water partition coefficient (Wildman–Crippen LogP) is 4.93. The summed E-state index contributed by atoms with van der Waals surface area (Å²) >= 11 is 0. The van der Waals surface area contributed by atoms with Crippen molar-refractivity contribution in [2.45, 2.75) is 19.8 Å². The molecule has 0 fully saturated rings. The minimum atomic E-state index is 0.168. The van der Waals surface area contributed by atoms with Gasteiger partial charge in [0, 0.05) is 30.3 Å². The first kappa shape index (κ1) is 19.6. The number of benzene rings is 2. The first-order valence-corrected chi connectivity index (χ1v) is 10.4. The molecule has 1 aliphatic heterocycles. The fraction of sp³-hybridized carbons (Fsp3) is 0.269. The Hall–Kier alpha value is -2.75. The van der Waals surface area contributed by atoms with Crippen LogP contribution in [0.15, 0.2) is 83.4 Å². The maximum absolute atomic E-state index is 8.95. The van der Waals surface area contributed by atoms with E-state index in [1.165, 1.54) is 27.8 Å². The summed E-state index contributed by atoms with van der Waals surface area (Å²) in [7, 11) is 0. The summed E-state index contributed by atoms with van der Waals surface area (Å²) in [5.41, 5.74) is 8.49. The van der Waals surface area contributed by atoms with Gasteiger partial charge in [0.1, 0.15) is 0 Å². The molecule has 29 heavy (non-hydrogen) atoms. The van der Waals surface area contributed by atoms with Crippen molar-refractivity contribution in [2.24, 2.45) is 10.9 Å². The van der Waals surface area contributed by atoms with Gasteiger partial charge in [-0.1, -0.05) is 66.8 Å². The number of allylic oxidation sites excluding steroid dienone is 3. The largest absolute Gasteiger partial charge is 0.395 e. The number of rotatable bonds is 6. The zero-order chi connectivity index (χ0) is 20.1. The van der Waals surface area contributed by atoms with Crippen molar-refractivity contribution in [1.29, 1.82) is 0 Å². The molecule has 1 atom stereocenters. The number of aliphatic hydroxyl groups excluding tert-OH is 1. The molecule has 0 saturated heterocycles. The van der Waals surface area contributed by atoms with Crippen LogP contribution in [0.4, 0.5) is 0 Å². The summed E-state index contributed by atoms with van der Waals surface area (Å²) in [4.78, 5) is 5.08. The molecule has 0 aromatic heterocycles. The minimum Gasteiger partial charge on any atom is -0.395 e. The molecule has 3 heteroatoms. The van der Waals surface area contributed by atoms with Crippen LogP contribution in [0.2, 0.25) is 0 Å². The topological polar surface area (TPSA) is 44.6 Å². The quantitative estimate of drug-likeness (QED) is 0.694. The number of nitrogens with one attached hydrogen (secondary N) is 1. The van der Waals surface area contributed by atoms with Crippen LogP contribution in [-0.4, -0.2) is 30.5 Å². The fourth-order valence-corrected chi connectivity index (χ4v) is 4.09. The van der Waals surface area contributed by atoms with E-state index in [1.54, 1.807) is 0 Å². The Labute approximate surface area is 173 Å². The second-order valence-electron chi connectivity index (χ2n) is 7.63. The highest BCUT2D eigenvalue weighted by molar-refractivity contribution is 6.03. The van der Waals surface area contributed by atoms with E-state index in [4.69, 9.17) is 10.1 Å². The maximum atomic E-state index is 8.95. The van der Waals surface area contributed by atoms with Crippen molar-refractivity contribution in [3.05, 3.63) is 89.5 Å². The molecule has 0 radical (unpaired) electrons. The number of hydrogen-bond acceptors (Lipinski definition) is 3. The Morgan fingerprint density at radius 2 is 1.86 bits per heavy atom. The zero-order valence-electron chi connectivity index (χ0n) is 16.9. The average molecular weight is 385 g/mol. The highest BCUT2D eigenvalue weighted by atomic mass is 16.3. The van der Waals surface area contributed by atoms with E-state index in [0.717, 1.165) is 30.8 Å². The van der Waals surface area contributed by atoms with E-state index in [0.29, 0.717) is 12.5 Å². The van der Waals surface area contributed by atoms with Gasteiger partial charge in [-0.25, -0.2) is 0 Å². The van der Waals surface area contributed by atoms with Gasteiger partial charge in [-0.15, -0.1) is 0 Å². The lowest BCUT2D eigenvalue weighted by molar-refractivity contribution is 0.294. The number of fused-ring (bicyclic) bond motifs is 1. The molecule has 0 spiro atoms. The molecule has 1 aliphatic carbocycles. The van der Waals surface area contributed by atoms with Gasteiger partial charge in [0.25, 0.3) is 0 Å². The van der Waals surface area contributed by atoms with Crippen molar-refractivity contribution in [2.75, 3.05) is 19.7 Å². The molecule has 0 amide bonds. The Kier molecular flexibility index (Phi) is 6.18. The Bertz CT molecular complexity index is 983. The third-order valence-electron chi connectivity index (χ3n) is 5.64. The third kappa shape index (κ3) is 4.47. The lowest BCUT2D eigenvalue weighted by Crippen LogP contribution is -2.23. The van der Waals surface area contributed by atoms with Gasteiger partial charge in [0.2, 0.25) is 0 Å². The molecule has 2 aliphatic rings. The van der Waals surface area contributed by atoms with E-state index in [2.05, 4.69) is 85.1 Å². The minimum absolute atomic E-state index is 0.168. The van der Waals surface area contributed by atoms with Crippen LogP contribution in [0.1, 0.15) is 24.0 Å². The van der Waals surface area contributed by atoms with Crippen molar-refractivity contribution in [1.82, 2.24) is 5.32 Å². The standard InChI is InChI=1S/C26H28N2O/c1-19-23(21-7-3-2-4-8-21)10-6-11-24(19)26-12-5-9-22-17-20(18-27-15-16-29)13-14-25(22)28-26/h2-4,6-8,10-14,17,22,27,29H,5,9,15-16,18H2,1H3. The van der Waals surface area contributed by atoms with Gasteiger partial charge < -0.3 is 10.4 Å². The molecule has 1 unspecified atom stereocenters. The van der Waals surface area contributed by atoms with Crippen LogP contribution in [0.3, 0.4) is 0 Å². The van der Waals surface area contributed by atoms with Gasteiger partial charge in [0.15, 0.2) is 0 Å². The van der Waals surface area contributed by atoms with Crippen LogP contribution in [-0.2, 0) is 0 Å². The fourth-order valence-electron chi connectivity index (χ4n) is 4.09. The SMILES string of the molecule is Cc1c(C2=CCCC3C=C(CNCCO)C=CC3=N2)cccc1-c1ccccc1. The molecule has 0 bridgehead atoms. The summed E-state index contributed by atoms with van der Waals surface area (Å²) in [6.07, 6.45) is 11.0. The summed E-state index contributed by atoms with van der Waals surface area (Å²) in [6, 6.07) is 17.1. The lowest BCUT2D eigenvalue weighted by Gasteiger charge is -2.18. The van der Waals surface area contributed by atoms with E-state index in [1.807, 2.05) is 0 Å². The third-order valence-corrected chi connectivity index (χ3v) is 5.64. The highest BCUT2D eigenvalue weighted by Crippen LogP contribution is 2.33. The molecule has 4 rings (SSSR count). The smallest absolute Gasteiger partial charge is 0.0668 e. The van der Waals surface area contributed by atoms with Crippen LogP contribution in [0.5, 0.6) is 0 Å². The van der Waals surface area contributed by atoms with E-state index < -0.39 is 0 Å². The highest BCUT2D eigenvalue weighted by Gasteiger charge is 2.20. The van der Waals surface area contributed by atoms with Crippen LogP contribution in [0.25, 0.3) is 16.8 Å². The van der Waals surface area contributed by atoms with Crippen LogP contribution >= 0.6 is 0 Å². The van der Waals surface area contributed by atoms with Crippen molar-refractivity contribution < 1.29 is 5.11 Å². The molecule has 1 heterocycles. The molecule has 3 nitrogen and oxygen atoms in total. The zero-order valence-corrected chi connectivity index (χ0v) is 16.9. The van der Waals surface area contributed by atoms with E-state index >= 15 is 0 Å². The Balaban J connectivity index is 1.61. The molecular formula is C26H28N2O. The number of hydrogen-bond donors (Lipinski definition) is 2. The monoisotopic (exact) mass is 384 g/mol. The first-order chi connectivity index (χ1) is 14.3. The molecular weight excluding hydrogens is 356 g/mol. The second kappa shape index (κ2) is 9.17. The molecule has 0 saturated carbocycles. The van der Waals surface area contributed by atoms with E-state index in [9.17, 15) is 0 Å². The van der Waals surface area contributed by atoms with Crippen LogP contribution in [0, 0.1) is 12.8 Å². The van der Waals surface area contributed by atoms with Crippen molar-refractivity contribution in [3.63, 3.8) is 0 Å². The van der Waals surface area contributed by atoms with Gasteiger partial charge >= 0.3 is 0 Å². The number of nitrogens with zero attached hydrogens (tertiary/aromatic N) is 1. The summed E-state index contributed by atoms with van der Waals surface area (Å²) in [6.45, 7) is 3.78. The van der Waals surface area contributed by atoms with Gasteiger partial charge in [-0.05, 0) is 48.1 Å². The number of aliphatic hydroxyl groups is 1. The summed E-state index contributed by atoms with van der Waals surface area (Å²) in [5, 5.41) is 12.2. The Morgan fingerprint density at radius 3 is 2.69 bits per heavy atom. The van der Waals surface area contributed by atoms with Gasteiger partial charge in [-0.3, -0.25) is 4.99 Å². The van der Waals surface area contributed by atoms with Gasteiger partial charge in [-0.2, -0.15) is 0 Å².